The first-order valence-electron chi connectivity index (χ1n) is 8.32. The number of anilines is 1. The Kier molecular flexibility index (Phi) is 3.50. The van der Waals surface area contributed by atoms with E-state index in [1.54, 1.807) is 4.90 Å². The predicted octanol–water partition coefficient (Wildman–Crippen LogP) is -0.305. The molecule has 3 atom stereocenters. The van der Waals surface area contributed by atoms with E-state index < -0.39 is 5.91 Å². The summed E-state index contributed by atoms with van der Waals surface area (Å²) in [6.07, 6.45) is 4.59. The van der Waals surface area contributed by atoms with Gasteiger partial charge in [0.2, 0.25) is 5.95 Å². The normalized spacial score (nSPS) is 29.5. The molecule has 3 amide bonds. The lowest BCUT2D eigenvalue weighted by molar-refractivity contribution is 0.0992. The molecule has 1 aliphatic carbocycles. The van der Waals surface area contributed by atoms with Gasteiger partial charge in [0.25, 0.3) is 5.91 Å². The molecule has 1 aromatic heterocycles. The Labute approximate surface area is 139 Å². The van der Waals surface area contributed by atoms with E-state index in [0.717, 1.165) is 32.5 Å². The Morgan fingerprint density at radius 2 is 2.04 bits per heavy atom. The highest BCUT2D eigenvalue weighted by Crippen LogP contribution is 2.39. The number of carbonyl (C=O) groups excluding carboxylic acids is 2. The molecule has 3 saturated heterocycles. The standard InChI is InChI=1S/C15H21N7O2/c1-20-4-5-21(15(20)24)12-6-9-2-3-11(12)22(8-9)14-17-7-10(13(16)23)18-19-14/h7,9,11-12H,2-6,8H2,1H3,(H2,16,23). The molecule has 2 bridgehead atoms. The molecule has 3 aliphatic heterocycles. The molecule has 9 nitrogen and oxygen atoms in total. The van der Waals surface area contributed by atoms with Crippen LogP contribution in [0.3, 0.4) is 0 Å². The minimum Gasteiger partial charge on any atom is -0.364 e. The third-order valence-electron chi connectivity index (χ3n) is 5.45. The smallest absolute Gasteiger partial charge is 0.320 e. The number of piperidine rings is 2. The van der Waals surface area contributed by atoms with E-state index in [4.69, 9.17) is 5.73 Å². The average Bonchev–Trinajstić information content (AvgIpc) is 2.94. The maximum absolute atomic E-state index is 12.4. The molecule has 0 radical (unpaired) electrons. The van der Waals surface area contributed by atoms with Gasteiger partial charge in [0.15, 0.2) is 5.69 Å². The number of urea groups is 1. The third-order valence-corrected chi connectivity index (χ3v) is 5.45. The van der Waals surface area contributed by atoms with Gasteiger partial charge in [-0.25, -0.2) is 9.78 Å². The number of fused-ring (bicyclic) bond motifs is 3. The highest BCUT2D eigenvalue weighted by molar-refractivity contribution is 5.90. The number of likely N-dealkylation sites (N-methyl/N-ethyl adjacent to an activating group) is 1. The number of primary amides is 1. The Hall–Kier alpha value is -2.45. The fourth-order valence-corrected chi connectivity index (χ4v) is 4.21. The van der Waals surface area contributed by atoms with Crippen LogP contribution in [0.15, 0.2) is 6.20 Å². The van der Waals surface area contributed by atoms with Gasteiger partial charge in [-0.3, -0.25) is 4.79 Å². The number of nitrogens with two attached hydrogens (primary N) is 1. The van der Waals surface area contributed by atoms with Crippen LogP contribution in [0.1, 0.15) is 29.8 Å². The number of hydrogen-bond acceptors (Lipinski definition) is 6. The molecule has 0 spiro atoms. The first kappa shape index (κ1) is 15.1. The van der Waals surface area contributed by atoms with E-state index >= 15 is 0 Å². The Bertz CT molecular complexity index is 664. The number of nitrogens with zero attached hydrogens (tertiary/aromatic N) is 6. The van der Waals surface area contributed by atoms with Crippen LogP contribution >= 0.6 is 0 Å². The van der Waals surface area contributed by atoms with Gasteiger partial charge in [-0.05, 0) is 25.2 Å². The van der Waals surface area contributed by atoms with Crippen LogP contribution in [-0.4, -0.2) is 75.7 Å². The zero-order chi connectivity index (χ0) is 16.8. The van der Waals surface area contributed by atoms with Crippen LogP contribution in [0.2, 0.25) is 0 Å². The van der Waals surface area contributed by atoms with E-state index in [0.29, 0.717) is 11.9 Å². The van der Waals surface area contributed by atoms with Gasteiger partial charge >= 0.3 is 6.03 Å². The first-order chi connectivity index (χ1) is 11.5. The van der Waals surface area contributed by atoms with Gasteiger partial charge in [-0.2, -0.15) is 0 Å². The highest BCUT2D eigenvalue weighted by atomic mass is 16.2. The van der Waals surface area contributed by atoms with Crippen molar-refractivity contribution in [3.05, 3.63) is 11.9 Å². The summed E-state index contributed by atoms with van der Waals surface area (Å²) in [4.78, 5) is 33.7. The second-order valence-electron chi connectivity index (χ2n) is 6.87. The third kappa shape index (κ3) is 2.35. The van der Waals surface area contributed by atoms with Crippen molar-refractivity contribution in [1.29, 1.82) is 0 Å². The second kappa shape index (κ2) is 5.57. The van der Waals surface area contributed by atoms with Gasteiger partial charge in [-0.1, -0.05) is 0 Å². The lowest BCUT2D eigenvalue weighted by atomic mass is 9.76. The molecule has 4 aliphatic rings. The largest absolute Gasteiger partial charge is 0.364 e. The van der Waals surface area contributed by atoms with E-state index in [1.807, 2.05) is 11.9 Å². The number of rotatable bonds is 3. The van der Waals surface area contributed by atoms with Crippen molar-refractivity contribution in [2.45, 2.75) is 31.3 Å². The summed E-state index contributed by atoms with van der Waals surface area (Å²) >= 11 is 0. The number of amides is 3. The average molecular weight is 331 g/mol. The Balaban J connectivity index is 1.58. The van der Waals surface area contributed by atoms with Crippen molar-refractivity contribution in [2.24, 2.45) is 11.7 Å². The Morgan fingerprint density at radius 1 is 1.21 bits per heavy atom. The molecule has 128 valence electrons. The van der Waals surface area contributed by atoms with Crippen LogP contribution in [-0.2, 0) is 0 Å². The van der Waals surface area contributed by atoms with Gasteiger partial charge in [-0.15, -0.1) is 10.2 Å². The monoisotopic (exact) mass is 331 g/mol. The molecule has 0 aromatic carbocycles. The maximum Gasteiger partial charge on any atom is 0.320 e. The summed E-state index contributed by atoms with van der Waals surface area (Å²) in [5, 5.41) is 7.96. The van der Waals surface area contributed by atoms with Crippen LogP contribution < -0.4 is 10.6 Å². The molecule has 2 N–H and O–H groups in total. The van der Waals surface area contributed by atoms with Crippen molar-refractivity contribution in [3.63, 3.8) is 0 Å². The molecule has 4 fully saturated rings. The maximum atomic E-state index is 12.4. The zero-order valence-electron chi connectivity index (χ0n) is 13.6. The molecule has 24 heavy (non-hydrogen) atoms. The molecule has 3 unspecified atom stereocenters. The Morgan fingerprint density at radius 3 is 2.62 bits per heavy atom. The van der Waals surface area contributed by atoms with Gasteiger partial charge in [0.05, 0.1) is 18.3 Å². The molecule has 5 rings (SSSR count). The summed E-state index contributed by atoms with van der Waals surface area (Å²) in [7, 11) is 1.84. The summed E-state index contributed by atoms with van der Waals surface area (Å²) < 4.78 is 0. The SMILES string of the molecule is CN1CCN(C2CC3CCC2N(c2ncc(C(N)=O)nn2)C3)C1=O. The summed E-state index contributed by atoms with van der Waals surface area (Å²) in [5.41, 5.74) is 5.26. The quantitative estimate of drug-likeness (QED) is 0.814. The van der Waals surface area contributed by atoms with Crippen LogP contribution in [0.5, 0.6) is 0 Å². The van der Waals surface area contributed by atoms with E-state index in [2.05, 4.69) is 20.1 Å². The van der Waals surface area contributed by atoms with Crippen molar-refractivity contribution >= 4 is 17.9 Å². The number of aromatic nitrogens is 3. The van der Waals surface area contributed by atoms with Crippen LogP contribution in [0, 0.1) is 5.92 Å². The zero-order valence-corrected chi connectivity index (χ0v) is 13.6. The fraction of sp³-hybridized carbons (Fsp3) is 0.667. The van der Waals surface area contributed by atoms with Gasteiger partial charge < -0.3 is 20.4 Å². The van der Waals surface area contributed by atoms with Crippen molar-refractivity contribution < 1.29 is 9.59 Å². The fourth-order valence-electron chi connectivity index (χ4n) is 4.21. The lowest BCUT2D eigenvalue weighted by Crippen LogP contribution is -2.62. The minimum absolute atomic E-state index is 0.0637. The van der Waals surface area contributed by atoms with Crippen molar-refractivity contribution in [3.8, 4) is 0 Å². The molecule has 9 heteroatoms. The van der Waals surface area contributed by atoms with Crippen LogP contribution in [0.4, 0.5) is 10.7 Å². The van der Waals surface area contributed by atoms with Crippen molar-refractivity contribution in [1.82, 2.24) is 25.0 Å². The molecule has 4 heterocycles. The molecular weight excluding hydrogens is 310 g/mol. The summed E-state index contributed by atoms with van der Waals surface area (Å²) in [5.74, 6) is 0.405. The minimum atomic E-state index is -0.634. The summed E-state index contributed by atoms with van der Waals surface area (Å²) in [6, 6.07) is 0.497. The lowest BCUT2D eigenvalue weighted by Gasteiger charge is -2.52. The van der Waals surface area contributed by atoms with Gasteiger partial charge in [0, 0.05) is 26.7 Å². The van der Waals surface area contributed by atoms with E-state index in [1.165, 1.54) is 12.6 Å². The van der Waals surface area contributed by atoms with E-state index in [9.17, 15) is 9.59 Å². The summed E-state index contributed by atoms with van der Waals surface area (Å²) in [6.45, 7) is 2.42. The van der Waals surface area contributed by atoms with E-state index in [-0.39, 0.29) is 23.8 Å². The molecular formula is C15H21N7O2. The van der Waals surface area contributed by atoms with Crippen LogP contribution in [0.25, 0.3) is 0 Å². The topological polar surface area (TPSA) is 109 Å². The molecule has 1 aromatic rings. The number of carbonyl (C=O) groups is 2. The first-order valence-corrected chi connectivity index (χ1v) is 8.32. The molecule has 1 saturated carbocycles. The highest BCUT2D eigenvalue weighted by Gasteiger charge is 2.47. The number of hydrogen-bond donors (Lipinski definition) is 1. The van der Waals surface area contributed by atoms with Gasteiger partial charge in [0.1, 0.15) is 0 Å². The second-order valence-corrected chi connectivity index (χ2v) is 6.87. The predicted molar refractivity (Wildman–Crippen MR) is 85.3 cm³/mol. The van der Waals surface area contributed by atoms with Crippen molar-refractivity contribution in [2.75, 3.05) is 31.6 Å².